The summed E-state index contributed by atoms with van der Waals surface area (Å²) >= 11 is 11.8. The van der Waals surface area contributed by atoms with Gasteiger partial charge in [0, 0.05) is 17.1 Å². The molecule has 0 fully saturated rings. The first-order chi connectivity index (χ1) is 7.75. The number of nitrogens with zero attached hydrogens (tertiary/aromatic N) is 2. The maximum Gasteiger partial charge on any atom is 0.212 e. The molecular weight excluding hydrogens is 247 g/mol. The number of hydrogen-bond acceptors (Lipinski definition) is 4. The Balaban J connectivity index is 2.00. The van der Waals surface area contributed by atoms with E-state index in [2.05, 4.69) is 20.8 Å². The van der Waals surface area contributed by atoms with E-state index in [0.29, 0.717) is 16.0 Å². The van der Waals surface area contributed by atoms with Gasteiger partial charge in [-0.2, -0.15) is 5.10 Å². The molecule has 1 aromatic carbocycles. The molecule has 0 bridgehead atoms. The summed E-state index contributed by atoms with van der Waals surface area (Å²) in [6, 6.07) is 5.25. The van der Waals surface area contributed by atoms with Crippen LogP contribution >= 0.6 is 23.2 Å². The summed E-state index contributed by atoms with van der Waals surface area (Å²) in [5.74, 6) is 0.682. The zero-order valence-corrected chi connectivity index (χ0v) is 9.89. The van der Waals surface area contributed by atoms with Gasteiger partial charge in [-0.1, -0.05) is 29.3 Å². The highest BCUT2D eigenvalue weighted by molar-refractivity contribution is 6.36. The average molecular weight is 257 g/mol. The first-order valence-corrected chi connectivity index (χ1v) is 5.54. The molecule has 0 saturated carbocycles. The zero-order chi connectivity index (χ0) is 11.4. The maximum atomic E-state index is 5.98. The Kier molecular flexibility index (Phi) is 3.64. The van der Waals surface area contributed by atoms with Gasteiger partial charge in [-0.3, -0.25) is 0 Å². The van der Waals surface area contributed by atoms with Crippen LogP contribution in [0.15, 0.2) is 28.3 Å². The molecule has 1 aliphatic heterocycles. The fourth-order valence-electron chi connectivity index (χ4n) is 1.24. The minimum atomic E-state index is 0.569. The lowest BCUT2D eigenvalue weighted by Crippen LogP contribution is -2.30. The second kappa shape index (κ2) is 5.18. The Morgan fingerprint density at radius 3 is 3.00 bits per heavy atom. The van der Waals surface area contributed by atoms with Crippen molar-refractivity contribution >= 4 is 35.4 Å². The Morgan fingerprint density at radius 1 is 1.44 bits per heavy atom. The van der Waals surface area contributed by atoms with Gasteiger partial charge in [0.15, 0.2) is 0 Å². The third-order valence-corrected chi connectivity index (χ3v) is 2.57. The van der Waals surface area contributed by atoms with E-state index in [-0.39, 0.29) is 0 Å². The average Bonchev–Trinajstić information content (AvgIpc) is 2.74. The molecule has 0 unspecified atom stereocenters. The molecule has 0 radical (unpaired) electrons. The molecule has 2 rings (SSSR count). The van der Waals surface area contributed by atoms with Crippen LogP contribution in [0.1, 0.15) is 5.56 Å². The van der Waals surface area contributed by atoms with Gasteiger partial charge < -0.3 is 5.32 Å². The van der Waals surface area contributed by atoms with E-state index in [0.717, 1.165) is 18.7 Å². The molecule has 1 heterocycles. The minimum absolute atomic E-state index is 0.569. The molecule has 0 aromatic heterocycles. The van der Waals surface area contributed by atoms with E-state index in [1.54, 1.807) is 24.4 Å². The Morgan fingerprint density at radius 2 is 2.31 bits per heavy atom. The summed E-state index contributed by atoms with van der Waals surface area (Å²) in [7, 11) is 0. The molecule has 0 spiro atoms. The summed E-state index contributed by atoms with van der Waals surface area (Å²) in [5.41, 5.74) is 3.59. The Hall–Kier alpha value is -1.26. The molecule has 6 heteroatoms. The van der Waals surface area contributed by atoms with Crippen LogP contribution in [0.3, 0.4) is 0 Å². The van der Waals surface area contributed by atoms with E-state index >= 15 is 0 Å². The van der Waals surface area contributed by atoms with Gasteiger partial charge in [-0.05, 0) is 12.1 Å². The van der Waals surface area contributed by atoms with Crippen molar-refractivity contribution in [3.63, 3.8) is 0 Å². The van der Waals surface area contributed by atoms with E-state index in [4.69, 9.17) is 23.2 Å². The van der Waals surface area contributed by atoms with Crippen molar-refractivity contribution in [3.8, 4) is 0 Å². The van der Waals surface area contributed by atoms with Crippen LogP contribution in [-0.4, -0.2) is 25.3 Å². The second-order valence-corrected chi connectivity index (χ2v) is 4.04. The lowest BCUT2D eigenvalue weighted by molar-refractivity contribution is 0.920. The highest BCUT2D eigenvalue weighted by Crippen LogP contribution is 2.19. The number of halogens is 2. The van der Waals surface area contributed by atoms with Gasteiger partial charge >= 0.3 is 0 Å². The molecule has 4 nitrogen and oxygen atoms in total. The highest BCUT2D eigenvalue weighted by Gasteiger charge is 2.02. The largest absolute Gasteiger partial charge is 0.353 e. The van der Waals surface area contributed by atoms with Gasteiger partial charge in [-0.15, -0.1) is 0 Å². The van der Waals surface area contributed by atoms with Crippen molar-refractivity contribution in [2.24, 2.45) is 10.1 Å². The summed E-state index contributed by atoms with van der Waals surface area (Å²) in [5, 5.41) is 8.23. The maximum absolute atomic E-state index is 5.98. The predicted molar refractivity (Wildman–Crippen MR) is 67.5 cm³/mol. The SMILES string of the molecule is Clc1ccc(/C=N/NC2=NCCN2)c(Cl)c1. The molecule has 0 saturated heterocycles. The summed E-state index contributed by atoms with van der Waals surface area (Å²) in [6.45, 7) is 1.62. The smallest absolute Gasteiger partial charge is 0.212 e. The zero-order valence-electron chi connectivity index (χ0n) is 8.37. The fraction of sp³-hybridized carbons (Fsp3) is 0.200. The number of hydrogen-bond donors (Lipinski definition) is 2. The van der Waals surface area contributed by atoms with Crippen LogP contribution in [0.2, 0.25) is 10.0 Å². The summed E-state index contributed by atoms with van der Waals surface area (Å²) < 4.78 is 0. The van der Waals surface area contributed by atoms with E-state index < -0.39 is 0 Å². The van der Waals surface area contributed by atoms with Crippen molar-refractivity contribution in [2.45, 2.75) is 0 Å². The van der Waals surface area contributed by atoms with Crippen molar-refractivity contribution in [1.82, 2.24) is 10.7 Å². The first kappa shape index (κ1) is 11.2. The number of benzene rings is 1. The third-order valence-electron chi connectivity index (χ3n) is 2.01. The van der Waals surface area contributed by atoms with Crippen LogP contribution in [-0.2, 0) is 0 Å². The Labute approximate surface area is 103 Å². The van der Waals surface area contributed by atoms with Gasteiger partial charge in [0.1, 0.15) is 0 Å². The fourth-order valence-corrected chi connectivity index (χ4v) is 1.70. The number of rotatable bonds is 2. The van der Waals surface area contributed by atoms with E-state index in [1.165, 1.54) is 0 Å². The summed E-state index contributed by atoms with van der Waals surface area (Å²) in [4.78, 5) is 4.13. The number of hydrazone groups is 1. The van der Waals surface area contributed by atoms with Crippen LogP contribution in [0, 0.1) is 0 Å². The van der Waals surface area contributed by atoms with Crippen LogP contribution in [0.5, 0.6) is 0 Å². The predicted octanol–water partition coefficient (Wildman–Crippen LogP) is 1.88. The number of guanidine groups is 1. The Bertz CT molecular complexity index is 442. The lowest BCUT2D eigenvalue weighted by Gasteiger charge is -2.00. The molecule has 0 amide bonds. The monoisotopic (exact) mass is 256 g/mol. The molecular formula is C10H10Cl2N4. The molecule has 16 heavy (non-hydrogen) atoms. The number of aliphatic imine (C=N–C) groups is 1. The van der Waals surface area contributed by atoms with E-state index in [1.807, 2.05) is 0 Å². The third kappa shape index (κ3) is 2.87. The summed E-state index contributed by atoms with van der Waals surface area (Å²) in [6.07, 6.45) is 1.63. The topological polar surface area (TPSA) is 48.8 Å². The number of nitrogens with one attached hydrogen (secondary N) is 2. The molecule has 0 aliphatic carbocycles. The van der Waals surface area contributed by atoms with Gasteiger partial charge in [0.25, 0.3) is 0 Å². The molecule has 1 aromatic rings. The normalized spacial score (nSPS) is 15.0. The first-order valence-electron chi connectivity index (χ1n) is 4.78. The van der Waals surface area contributed by atoms with Gasteiger partial charge in [-0.25, -0.2) is 10.4 Å². The van der Waals surface area contributed by atoms with Crippen LogP contribution < -0.4 is 10.7 Å². The molecule has 1 aliphatic rings. The minimum Gasteiger partial charge on any atom is -0.353 e. The standard InChI is InChI=1S/C10H10Cl2N4/c11-8-2-1-7(9(12)5-8)6-15-16-10-13-3-4-14-10/h1-2,5-6H,3-4H2,(H2,13,14,16)/b15-6+. The second-order valence-electron chi connectivity index (χ2n) is 3.19. The van der Waals surface area contributed by atoms with Crippen molar-refractivity contribution < 1.29 is 0 Å². The van der Waals surface area contributed by atoms with Gasteiger partial charge in [0.05, 0.1) is 17.8 Å². The molecule has 2 N–H and O–H groups in total. The van der Waals surface area contributed by atoms with E-state index in [9.17, 15) is 0 Å². The quantitative estimate of drug-likeness (QED) is 0.627. The van der Waals surface area contributed by atoms with Crippen molar-refractivity contribution in [1.29, 1.82) is 0 Å². The highest BCUT2D eigenvalue weighted by atomic mass is 35.5. The van der Waals surface area contributed by atoms with Gasteiger partial charge in [0.2, 0.25) is 5.96 Å². The van der Waals surface area contributed by atoms with Crippen molar-refractivity contribution in [2.75, 3.05) is 13.1 Å². The molecule has 84 valence electrons. The van der Waals surface area contributed by atoms with Crippen LogP contribution in [0.25, 0.3) is 0 Å². The molecule has 0 atom stereocenters. The van der Waals surface area contributed by atoms with Crippen molar-refractivity contribution in [3.05, 3.63) is 33.8 Å². The lowest BCUT2D eigenvalue weighted by atomic mass is 10.2. The van der Waals surface area contributed by atoms with Crippen LogP contribution in [0.4, 0.5) is 0 Å².